The van der Waals surface area contributed by atoms with Gasteiger partial charge in [0.15, 0.2) is 5.88 Å². The minimum Gasteiger partial charge on any atom is -0.494 e. The molecule has 1 aromatic heterocycles. The number of carboxylic acid groups (broad SMARTS) is 1. The van der Waals surface area contributed by atoms with E-state index >= 15 is 0 Å². The van der Waals surface area contributed by atoms with E-state index in [1.54, 1.807) is 12.3 Å². The zero-order valence-electron chi connectivity index (χ0n) is 23.4. The first-order valence-corrected chi connectivity index (χ1v) is 14.9. The quantitative estimate of drug-likeness (QED) is 0.182. The number of benzene rings is 2. The van der Waals surface area contributed by atoms with Gasteiger partial charge in [0, 0.05) is 36.8 Å². The average molecular weight is 573 g/mol. The molecule has 0 aliphatic rings. The maximum atomic E-state index is 13.9. The number of sulfonamides is 1. The van der Waals surface area contributed by atoms with Crippen molar-refractivity contribution in [1.82, 2.24) is 14.6 Å². The Labute approximate surface area is 235 Å². The summed E-state index contributed by atoms with van der Waals surface area (Å²) in [4.78, 5) is 18.8. The first kappa shape index (κ1) is 31.1. The second kappa shape index (κ2) is 13.8. The Balaban J connectivity index is 1.93. The third-order valence-electron chi connectivity index (χ3n) is 6.79. The first-order chi connectivity index (χ1) is 18.9. The fourth-order valence-electron chi connectivity index (χ4n) is 4.39. The van der Waals surface area contributed by atoms with Gasteiger partial charge in [-0.25, -0.2) is 13.2 Å². The van der Waals surface area contributed by atoms with E-state index in [1.165, 1.54) is 16.4 Å². The lowest BCUT2D eigenvalue weighted by molar-refractivity contribution is 0.0980. The normalized spacial score (nSPS) is 14.7. The molecular weight excluding hydrogens is 532 g/mol. The summed E-state index contributed by atoms with van der Waals surface area (Å²) >= 11 is 0. The highest BCUT2D eigenvalue weighted by molar-refractivity contribution is 7.89. The number of fused-ring (bicyclic) bond motifs is 1. The molecule has 0 spiro atoms. The number of aromatic amines is 1. The Hall–Kier alpha value is -3.41. The molecule has 0 radical (unpaired) electrons. The van der Waals surface area contributed by atoms with Crippen molar-refractivity contribution < 1.29 is 28.5 Å². The van der Waals surface area contributed by atoms with E-state index < -0.39 is 28.3 Å². The second-order valence-electron chi connectivity index (χ2n) is 10.6. The van der Waals surface area contributed by atoms with Crippen molar-refractivity contribution in [1.29, 1.82) is 0 Å². The summed E-state index contributed by atoms with van der Waals surface area (Å²) in [5.74, 6) is 0.206. The molecule has 0 bridgehead atoms. The summed E-state index contributed by atoms with van der Waals surface area (Å²) in [6.07, 6.45) is 0.0907. The van der Waals surface area contributed by atoms with Crippen molar-refractivity contribution in [3.63, 3.8) is 0 Å². The van der Waals surface area contributed by atoms with Gasteiger partial charge in [-0.3, -0.25) is 4.99 Å². The van der Waals surface area contributed by atoms with E-state index in [2.05, 4.69) is 29.1 Å². The van der Waals surface area contributed by atoms with Crippen LogP contribution < -0.4 is 5.32 Å². The number of H-pyrrole nitrogens is 1. The number of nitrogens with zero attached hydrogens (tertiary/aromatic N) is 2. The van der Waals surface area contributed by atoms with E-state index in [0.717, 1.165) is 12.0 Å². The molecule has 0 saturated heterocycles. The van der Waals surface area contributed by atoms with E-state index in [4.69, 9.17) is 0 Å². The Bertz CT molecular complexity index is 1400. The molecule has 0 fully saturated rings. The summed E-state index contributed by atoms with van der Waals surface area (Å²) in [7, 11) is -4.10. The van der Waals surface area contributed by atoms with Crippen LogP contribution >= 0.6 is 0 Å². The molecule has 0 aliphatic heterocycles. The number of rotatable bonds is 14. The Morgan fingerprint density at radius 2 is 1.82 bits per heavy atom. The SMILES string of the molecule is CCC(C)CN=Cc1c(O)[nH]c2ccc(S(=O)(=O)N(CC(C)C)CC(O)C(Cc3ccccc3)NC(=O)O)cc12. The highest BCUT2D eigenvalue weighted by Crippen LogP contribution is 2.29. The predicted molar refractivity (Wildman–Crippen MR) is 157 cm³/mol. The number of amides is 1. The number of nitrogens with one attached hydrogen (secondary N) is 2. The molecule has 1 amide bonds. The Kier molecular flexibility index (Phi) is 10.7. The maximum Gasteiger partial charge on any atom is 0.404 e. The lowest BCUT2D eigenvalue weighted by Crippen LogP contribution is -2.50. The van der Waals surface area contributed by atoms with Crippen LogP contribution in [0.15, 0.2) is 58.4 Å². The van der Waals surface area contributed by atoms with Crippen LogP contribution in [0, 0.1) is 11.8 Å². The monoisotopic (exact) mass is 572 g/mol. The molecule has 3 rings (SSSR count). The lowest BCUT2D eigenvalue weighted by atomic mass is 10.0. The van der Waals surface area contributed by atoms with Gasteiger partial charge in [0.05, 0.1) is 22.6 Å². The van der Waals surface area contributed by atoms with Gasteiger partial charge in [-0.1, -0.05) is 64.4 Å². The summed E-state index contributed by atoms with van der Waals surface area (Å²) < 4.78 is 29.0. The van der Waals surface area contributed by atoms with Crippen LogP contribution in [0.3, 0.4) is 0 Å². The molecule has 0 aliphatic carbocycles. The molecule has 1 heterocycles. The molecule has 3 aromatic rings. The highest BCUT2D eigenvalue weighted by Gasteiger charge is 2.31. The van der Waals surface area contributed by atoms with Gasteiger partial charge in [-0.2, -0.15) is 4.31 Å². The number of hydrogen-bond donors (Lipinski definition) is 5. The molecule has 3 atom stereocenters. The third kappa shape index (κ3) is 8.06. The number of aliphatic imine (C=N–C) groups is 1. The van der Waals surface area contributed by atoms with Crippen LogP contribution in [-0.4, -0.2) is 77.1 Å². The molecule has 3 unspecified atom stereocenters. The van der Waals surface area contributed by atoms with Gasteiger partial charge in [0.25, 0.3) is 0 Å². The second-order valence-corrected chi connectivity index (χ2v) is 12.6. The van der Waals surface area contributed by atoms with Crippen molar-refractivity contribution in [3.05, 3.63) is 59.7 Å². The van der Waals surface area contributed by atoms with Crippen molar-refractivity contribution in [2.24, 2.45) is 16.8 Å². The summed E-state index contributed by atoms with van der Waals surface area (Å²) in [5, 5.41) is 33.8. The molecule has 40 heavy (non-hydrogen) atoms. The molecule has 10 nitrogen and oxygen atoms in total. The fraction of sp³-hybridized carbons (Fsp3) is 0.448. The first-order valence-electron chi connectivity index (χ1n) is 13.5. The topological polar surface area (TPSA) is 155 Å². The average Bonchev–Trinajstić information content (AvgIpc) is 3.21. The molecule has 11 heteroatoms. The number of aromatic nitrogens is 1. The van der Waals surface area contributed by atoms with Gasteiger partial charge in [-0.05, 0) is 42.0 Å². The zero-order chi connectivity index (χ0) is 29.4. The van der Waals surface area contributed by atoms with Crippen LogP contribution in [0.1, 0.15) is 45.2 Å². The lowest BCUT2D eigenvalue weighted by Gasteiger charge is -2.30. The van der Waals surface area contributed by atoms with Crippen LogP contribution in [0.25, 0.3) is 10.9 Å². The Morgan fingerprint density at radius 1 is 1.12 bits per heavy atom. The van der Waals surface area contributed by atoms with E-state index in [9.17, 15) is 28.5 Å². The van der Waals surface area contributed by atoms with E-state index in [0.29, 0.717) is 28.9 Å². The van der Waals surface area contributed by atoms with E-state index in [-0.39, 0.29) is 36.2 Å². The summed E-state index contributed by atoms with van der Waals surface area (Å²) in [6, 6.07) is 12.7. The largest absolute Gasteiger partial charge is 0.494 e. The van der Waals surface area contributed by atoms with E-state index in [1.807, 2.05) is 44.2 Å². The van der Waals surface area contributed by atoms with Gasteiger partial charge in [-0.15, -0.1) is 0 Å². The van der Waals surface area contributed by atoms with Gasteiger partial charge < -0.3 is 25.6 Å². The maximum absolute atomic E-state index is 13.9. The fourth-order valence-corrected chi connectivity index (χ4v) is 6.04. The molecule has 0 saturated carbocycles. The van der Waals surface area contributed by atoms with Gasteiger partial charge >= 0.3 is 6.09 Å². The molecular formula is C29H40N4O6S. The van der Waals surface area contributed by atoms with Crippen molar-refractivity contribution in [2.45, 2.75) is 57.6 Å². The smallest absolute Gasteiger partial charge is 0.404 e. The molecule has 218 valence electrons. The zero-order valence-corrected chi connectivity index (χ0v) is 24.2. The Morgan fingerprint density at radius 3 is 2.45 bits per heavy atom. The van der Waals surface area contributed by atoms with Crippen LogP contribution in [-0.2, 0) is 16.4 Å². The summed E-state index contributed by atoms with van der Waals surface area (Å²) in [5.41, 5.74) is 1.77. The third-order valence-corrected chi connectivity index (χ3v) is 8.62. The molecule has 2 aromatic carbocycles. The van der Waals surface area contributed by atoms with Crippen molar-refractivity contribution >= 4 is 33.2 Å². The molecule has 5 N–H and O–H groups in total. The van der Waals surface area contributed by atoms with Gasteiger partial charge in [0.1, 0.15) is 0 Å². The van der Waals surface area contributed by atoms with Crippen molar-refractivity contribution in [3.8, 4) is 5.88 Å². The standard InChI is InChI=1S/C29H40N4O6S/c1-5-20(4)15-30-16-24-23-14-22(11-12-25(23)31-28(24)35)40(38,39)33(17-19(2)3)18-27(34)26(32-29(36)37)13-21-9-7-6-8-10-21/h6-12,14,16,19-20,26-27,31-32,34-35H,5,13,15,17-18H2,1-4H3,(H,36,37). The predicted octanol–water partition coefficient (Wildman–Crippen LogP) is 4.23. The van der Waals surface area contributed by atoms with Crippen LogP contribution in [0.2, 0.25) is 0 Å². The highest BCUT2D eigenvalue weighted by atomic mass is 32.2. The van der Waals surface area contributed by atoms with Crippen LogP contribution in [0.5, 0.6) is 5.88 Å². The number of aromatic hydroxyl groups is 1. The minimum absolute atomic E-state index is 0.00534. The number of aliphatic hydroxyl groups is 1. The van der Waals surface area contributed by atoms with Gasteiger partial charge in [0.2, 0.25) is 10.0 Å². The van der Waals surface area contributed by atoms with Crippen LogP contribution in [0.4, 0.5) is 4.79 Å². The van der Waals surface area contributed by atoms with Crippen molar-refractivity contribution in [2.75, 3.05) is 19.6 Å². The summed E-state index contributed by atoms with van der Waals surface area (Å²) in [6.45, 7) is 8.26. The number of carbonyl (C=O) groups is 1. The minimum atomic E-state index is -4.10. The number of hydrogen-bond acceptors (Lipinski definition) is 6. The number of aliphatic hydroxyl groups excluding tert-OH is 1.